The monoisotopic (exact) mass is 343 g/mol. The zero-order valence-corrected chi connectivity index (χ0v) is 14.2. The van der Waals surface area contributed by atoms with E-state index in [9.17, 15) is 9.59 Å². The Kier molecular flexibility index (Phi) is 6.15. The van der Waals surface area contributed by atoms with Crippen LogP contribution in [-0.2, 0) is 9.53 Å². The number of ether oxygens (including phenoxy) is 1. The van der Waals surface area contributed by atoms with Crippen LogP contribution in [0.15, 0.2) is 60.3 Å². The Morgan fingerprint density at radius 3 is 2.25 bits per heavy atom. The van der Waals surface area contributed by atoms with E-state index in [1.165, 1.54) is 0 Å². The summed E-state index contributed by atoms with van der Waals surface area (Å²) >= 11 is 5.86. The van der Waals surface area contributed by atoms with E-state index >= 15 is 0 Å². The average molecular weight is 344 g/mol. The number of benzene rings is 2. The number of esters is 1. The summed E-state index contributed by atoms with van der Waals surface area (Å²) in [4.78, 5) is 24.6. The smallest absolute Gasteiger partial charge is 0.355 e. The molecule has 0 unspecified atom stereocenters. The largest absolute Gasteiger partial charge is 0.458 e. The fourth-order valence-corrected chi connectivity index (χ4v) is 2.06. The SMILES string of the molecule is CC(C)OC(=O)/C(=C\c1ccc(Cl)cc1)NC(=O)c1ccccc1. The summed E-state index contributed by atoms with van der Waals surface area (Å²) in [6.07, 6.45) is 1.27. The molecule has 5 heteroatoms. The minimum Gasteiger partial charge on any atom is -0.458 e. The zero-order valence-electron chi connectivity index (χ0n) is 13.5. The molecule has 2 aromatic rings. The molecule has 4 nitrogen and oxygen atoms in total. The maximum absolute atomic E-state index is 12.3. The van der Waals surface area contributed by atoms with Crippen molar-refractivity contribution in [3.63, 3.8) is 0 Å². The standard InChI is InChI=1S/C19H18ClNO3/c1-13(2)24-19(23)17(12-14-8-10-16(20)11-9-14)21-18(22)15-6-4-3-5-7-15/h3-13H,1-2H3,(H,21,22)/b17-12+. The lowest BCUT2D eigenvalue weighted by atomic mass is 10.1. The Hall–Kier alpha value is -2.59. The summed E-state index contributed by atoms with van der Waals surface area (Å²) in [6.45, 7) is 3.49. The van der Waals surface area contributed by atoms with Gasteiger partial charge in [0.15, 0.2) is 0 Å². The molecule has 1 N–H and O–H groups in total. The van der Waals surface area contributed by atoms with E-state index in [0.717, 1.165) is 5.56 Å². The Bertz CT molecular complexity index is 737. The van der Waals surface area contributed by atoms with Gasteiger partial charge in [0, 0.05) is 10.6 Å². The van der Waals surface area contributed by atoms with Crippen LogP contribution in [0.3, 0.4) is 0 Å². The van der Waals surface area contributed by atoms with Gasteiger partial charge in [-0.15, -0.1) is 0 Å². The molecule has 0 aromatic heterocycles. The van der Waals surface area contributed by atoms with Crippen molar-refractivity contribution in [3.8, 4) is 0 Å². The number of nitrogens with one attached hydrogen (secondary N) is 1. The van der Waals surface area contributed by atoms with Crippen molar-refractivity contribution in [1.29, 1.82) is 0 Å². The van der Waals surface area contributed by atoms with Crippen molar-refractivity contribution in [2.75, 3.05) is 0 Å². The molecule has 0 fully saturated rings. The van der Waals surface area contributed by atoms with Gasteiger partial charge < -0.3 is 10.1 Å². The van der Waals surface area contributed by atoms with Gasteiger partial charge in [0.1, 0.15) is 5.70 Å². The summed E-state index contributed by atoms with van der Waals surface area (Å²) < 4.78 is 5.20. The second kappa shape index (κ2) is 8.31. The first kappa shape index (κ1) is 17.8. The van der Waals surface area contributed by atoms with Gasteiger partial charge >= 0.3 is 5.97 Å². The van der Waals surface area contributed by atoms with E-state index in [-0.39, 0.29) is 17.7 Å². The van der Waals surface area contributed by atoms with Gasteiger partial charge in [0.25, 0.3) is 5.91 Å². The Morgan fingerprint density at radius 2 is 1.67 bits per heavy atom. The summed E-state index contributed by atoms with van der Waals surface area (Å²) in [5, 5.41) is 3.21. The normalized spacial score (nSPS) is 11.2. The van der Waals surface area contributed by atoms with E-state index in [4.69, 9.17) is 16.3 Å². The number of hydrogen-bond acceptors (Lipinski definition) is 3. The van der Waals surface area contributed by atoms with Crippen LogP contribution >= 0.6 is 11.6 Å². The van der Waals surface area contributed by atoms with Crippen molar-refractivity contribution in [3.05, 3.63) is 76.4 Å². The Morgan fingerprint density at radius 1 is 1.04 bits per heavy atom. The van der Waals surface area contributed by atoms with Crippen LogP contribution in [0.1, 0.15) is 29.8 Å². The highest BCUT2D eigenvalue weighted by molar-refractivity contribution is 6.30. The Balaban J connectivity index is 2.27. The van der Waals surface area contributed by atoms with Gasteiger partial charge in [-0.25, -0.2) is 4.79 Å². The van der Waals surface area contributed by atoms with Crippen LogP contribution in [0.2, 0.25) is 5.02 Å². The number of halogens is 1. The van der Waals surface area contributed by atoms with E-state index in [1.807, 2.05) is 6.07 Å². The molecule has 0 saturated carbocycles. The first-order chi connectivity index (χ1) is 11.5. The average Bonchev–Trinajstić information content (AvgIpc) is 2.56. The topological polar surface area (TPSA) is 55.4 Å². The van der Waals surface area contributed by atoms with Crippen LogP contribution in [0.4, 0.5) is 0 Å². The highest BCUT2D eigenvalue weighted by atomic mass is 35.5. The van der Waals surface area contributed by atoms with Crippen LogP contribution < -0.4 is 5.32 Å². The molecule has 1 amide bonds. The highest BCUT2D eigenvalue weighted by Gasteiger charge is 2.17. The van der Waals surface area contributed by atoms with E-state index in [1.54, 1.807) is 68.5 Å². The molecule has 2 aromatic carbocycles. The molecule has 0 aliphatic carbocycles. The quantitative estimate of drug-likeness (QED) is 0.658. The number of carbonyl (C=O) groups is 2. The fraction of sp³-hybridized carbons (Fsp3) is 0.158. The van der Waals surface area contributed by atoms with Gasteiger partial charge in [0.05, 0.1) is 6.10 Å². The second-order valence-electron chi connectivity index (χ2n) is 5.38. The summed E-state index contributed by atoms with van der Waals surface area (Å²) in [5.41, 5.74) is 1.25. The molecule has 124 valence electrons. The minimum atomic E-state index is -0.593. The third-order valence-electron chi connectivity index (χ3n) is 3.03. The predicted octanol–water partition coefficient (Wildman–Crippen LogP) is 4.06. The van der Waals surface area contributed by atoms with Gasteiger partial charge in [-0.3, -0.25) is 4.79 Å². The maximum atomic E-state index is 12.3. The van der Waals surface area contributed by atoms with Gasteiger partial charge in [-0.2, -0.15) is 0 Å². The molecular formula is C19H18ClNO3. The molecule has 24 heavy (non-hydrogen) atoms. The molecule has 0 spiro atoms. The second-order valence-corrected chi connectivity index (χ2v) is 5.82. The van der Waals surface area contributed by atoms with Crippen molar-refractivity contribution < 1.29 is 14.3 Å². The van der Waals surface area contributed by atoms with Crippen LogP contribution in [0.25, 0.3) is 6.08 Å². The highest BCUT2D eigenvalue weighted by Crippen LogP contribution is 2.13. The summed E-state index contributed by atoms with van der Waals surface area (Å²) in [7, 11) is 0. The molecule has 0 heterocycles. The molecule has 0 saturated heterocycles. The van der Waals surface area contributed by atoms with Crippen LogP contribution in [-0.4, -0.2) is 18.0 Å². The first-order valence-corrected chi connectivity index (χ1v) is 7.88. The molecule has 0 atom stereocenters. The zero-order chi connectivity index (χ0) is 17.5. The summed E-state index contributed by atoms with van der Waals surface area (Å²) in [6, 6.07) is 15.6. The van der Waals surface area contributed by atoms with Crippen LogP contribution in [0.5, 0.6) is 0 Å². The number of amides is 1. The lowest BCUT2D eigenvalue weighted by molar-refractivity contribution is -0.142. The number of hydrogen-bond donors (Lipinski definition) is 1. The van der Waals surface area contributed by atoms with Crippen molar-refractivity contribution in [2.24, 2.45) is 0 Å². The fourth-order valence-electron chi connectivity index (χ4n) is 1.93. The lowest BCUT2D eigenvalue weighted by Gasteiger charge is -2.12. The van der Waals surface area contributed by atoms with Crippen LogP contribution in [0, 0.1) is 0 Å². The van der Waals surface area contributed by atoms with Gasteiger partial charge in [-0.05, 0) is 49.8 Å². The lowest BCUT2D eigenvalue weighted by Crippen LogP contribution is -2.29. The molecule has 2 rings (SSSR count). The number of carbonyl (C=O) groups excluding carboxylic acids is 2. The molecular weight excluding hydrogens is 326 g/mol. The Labute approximate surface area is 146 Å². The van der Waals surface area contributed by atoms with Gasteiger partial charge in [0.2, 0.25) is 0 Å². The van der Waals surface area contributed by atoms with E-state index in [2.05, 4.69) is 5.32 Å². The minimum absolute atomic E-state index is 0.0693. The molecule has 0 bridgehead atoms. The van der Waals surface area contributed by atoms with E-state index in [0.29, 0.717) is 10.6 Å². The predicted molar refractivity (Wildman–Crippen MR) is 94.6 cm³/mol. The van der Waals surface area contributed by atoms with Crippen molar-refractivity contribution in [2.45, 2.75) is 20.0 Å². The first-order valence-electron chi connectivity index (χ1n) is 7.50. The maximum Gasteiger partial charge on any atom is 0.355 e. The molecule has 0 radical (unpaired) electrons. The summed E-state index contributed by atoms with van der Waals surface area (Å²) in [5.74, 6) is -0.972. The molecule has 0 aliphatic rings. The third-order valence-corrected chi connectivity index (χ3v) is 3.28. The van der Waals surface area contributed by atoms with Gasteiger partial charge in [-0.1, -0.05) is 41.9 Å². The number of rotatable bonds is 5. The van der Waals surface area contributed by atoms with Crippen molar-refractivity contribution >= 4 is 29.6 Å². The third kappa shape index (κ3) is 5.25. The molecule has 0 aliphatic heterocycles. The van der Waals surface area contributed by atoms with E-state index < -0.39 is 5.97 Å². The van der Waals surface area contributed by atoms with Crippen molar-refractivity contribution in [1.82, 2.24) is 5.32 Å².